The predicted molar refractivity (Wildman–Crippen MR) is 137 cm³/mol. The van der Waals surface area contributed by atoms with Gasteiger partial charge in [-0.15, -0.1) is 0 Å². The second-order valence-corrected chi connectivity index (χ2v) is 9.16. The minimum absolute atomic E-state index is 0.0480. The highest BCUT2D eigenvalue weighted by atomic mass is 16.3. The van der Waals surface area contributed by atoms with Crippen LogP contribution in [0.2, 0.25) is 0 Å². The van der Waals surface area contributed by atoms with Crippen molar-refractivity contribution in [2.75, 3.05) is 4.90 Å². The van der Waals surface area contributed by atoms with Gasteiger partial charge in [0, 0.05) is 17.2 Å². The number of oxazole rings is 1. The summed E-state index contributed by atoms with van der Waals surface area (Å²) in [4.78, 5) is 47.2. The average molecular weight is 482 g/mol. The number of aromatic nitrogens is 1. The van der Waals surface area contributed by atoms with Crippen LogP contribution in [-0.2, 0) is 9.59 Å². The van der Waals surface area contributed by atoms with Crippen molar-refractivity contribution in [3.05, 3.63) is 83.9 Å². The maximum Gasteiger partial charge on any atom is 0.257 e. The number of fused-ring (bicyclic) bond motifs is 1. The summed E-state index contributed by atoms with van der Waals surface area (Å²) in [6.45, 7) is 5.82. The molecule has 36 heavy (non-hydrogen) atoms. The lowest BCUT2D eigenvalue weighted by Gasteiger charge is -2.33. The molecule has 182 valence electrons. The van der Waals surface area contributed by atoms with Crippen LogP contribution in [0.25, 0.3) is 22.6 Å². The number of rotatable bonds is 6. The Labute approximate surface area is 209 Å². The number of benzene rings is 3. The molecular weight excluding hydrogens is 454 g/mol. The van der Waals surface area contributed by atoms with Crippen LogP contribution in [0.3, 0.4) is 0 Å². The highest BCUT2D eigenvalue weighted by Crippen LogP contribution is 2.31. The van der Waals surface area contributed by atoms with E-state index in [-0.39, 0.29) is 24.3 Å². The highest BCUT2D eigenvalue weighted by molar-refractivity contribution is 6.23. The Bertz CT molecular complexity index is 1410. The zero-order chi connectivity index (χ0) is 25.4. The Kier molecular flexibility index (Phi) is 6.14. The van der Waals surface area contributed by atoms with Crippen molar-refractivity contribution in [1.82, 2.24) is 9.88 Å². The zero-order valence-corrected chi connectivity index (χ0v) is 20.5. The van der Waals surface area contributed by atoms with Crippen LogP contribution < -0.4 is 4.90 Å². The Morgan fingerprint density at radius 2 is 1.75 bits per heavy atom. The van der Waals surface area contributed by atoms with Gasteiger partial charge in [0.15, 0.2) is 5.58 Å². The van der Waals surface area contributed by atoms with E-state index in [0.717, 1.165) is 16.6 Å². The summed E-state index contributed by atoms with van der Waals surface area (Å²) < 4.78 is 5.82. The quantitative estimate of drug-likeness (QED) is 0.346. The summed E-state index contributed by atoms with van der Waals surface area (Å²) in [5.41, 5.74) is 4.18. The number of carbonyl (C=O) groups is 3. The number of nitrogens with zero attached hydrogens (tertiary/aromatic N) is 3. The van der Waals surface area contributed by atoms with Crippen LogP contribution in [0.15, 0.2) is 77.2 Å². The number of para-hydroxylation sites is 2. The number of aryl methyl sites for hydroxylation is 1. The fourth-order valence-electron chi connectivity index (χ4n) is 4.54. The van der Waals surface area contributed by atoms with Gasteiger partial charge in [-0.05, 0) is 68.8 Å². The van der Waals surface area contributed by atoms with E-state index in [1.54, 1.807) is 41.3 Å². The van der Waals surface area contributed by atoms with E-state index in [0.29, 0.717) is 29.1 Å². The van der Waals surface area contributed by atoms with Crippen LogP contribution in [0.1, 0.15) is 42.6 Å². The average Bonchev–Trinajstić information content (AvgIpc) is 3.45. The summed E-state index contributed by atoms with van der Waals surface area (Å²) >= 11 is 0. The molecule has 2 unspecified atom stereocenters. The molecule has 2 atom stereocenters. The van der Waals surface area contributed by atoms with E-state index < -0.39 is 11.9 Å². The lowest BCUT2D eigenvalue weighted by atomic mass is 10.1. The normalized spacial score (nSPS) is 16.5. The van der Waals surface area contributed by atoms with Crippen molar-refractivity contribution < 1.29 is 18.8 Å². The van der Waals surface area contributed by atoms with Gasteiger partial charge in [0.05, 0.1) is 12.1 Å². The van der Waals surface area contributed by atoms with Crippen LogP contribution in [-0.4, -0.2) is 39.7 Å². The van der Waals surface area contributed by atoms with Crippen LogP contribution in [0, 0.1) is 6.92 Å². The zero-order valence-electron chi connectivity index (χ0n) is 20.5. The molecule has 1 fully saturated rings. The van der Waals surface area contributed by atoms with Gasteiger partial charge in [0.1, 0.15) is 11.6 Å². The topological polar surface area (TPSA) is 83.7 Å². The van der Waals surface area contributed by atoms with Gasteiger partial charge in [0.2, 0.25) is 11.8 Å². The van der Waals surface area contributed by atoms with Crippen molar-refractivity contribution >= 4 is 34.5 Å². The van der Waals surface area contributed by atoms with Crippen molar-refractivity contribution in [2.24, 2.45) is 0 Å². The standard InChI is InChI=1S/C29H27N3O4/c1-4-19(3)31(28(34)21-11-9-18(2)10-12-21)24-17-26(33)32(29(24)35)22-15-13-20(14-16-22)27-30-23-7-5-6-8-25(23)36-27/h5-16,19,24H,4,17H2,1-3H3. The maximum atomic E-state index is 13.5. The molecule has 1 aliphatic heterocycles. The number of carbonyl (C=O) groups excluding carboxylic acids is 3. The van der Waals surface area contributed by atoms with Crippen molar-refractivity contribution in [2.45, 2.75) is 45.7 Å². The molecule has 7 nitrogen and oxygen atoms in total. The van der Waals surface area contributed by atoms with E-state index in [4.69, 9.17) is 4.42 Å². The third-order valence-electron chi connectivity index (χ3n) is 6.72. The lowest BCUT2D eigenvalue weighted by molar-refractivity contribution is -0.122. The third-order valence-corrected chi connectivity index (χ3v) is 6.72. The molecule has 0 spiro atoms. The molecule has 3 amide bonds. The Morgan fingerprint density at radius 3 is 2.42 bits per heavy atom. The summed E-state index contributed by atoms with van der Waals surface area (Å²) in [7, 11) is 0. The largest absolute Gasteiger partial charge is 0.436 e. The van der Waals surface area contributed by atoms with Gasteiger partial charge in [-0.2, -0.15) is 0 Å². The first kappa shape index (κ1) is 23.5. The first-order chi connectivity index (χ1) is 17.4. The van der Waals surface area contributed by atoms with Gasteiger partial charge in [-0.25, -0.2) is 9.88 Å². The molecule has 4 aromatic rings. The summed E-state index contributed by atoms with van der Waals surface area (Å²) in [6.07, 6.45) is 0.614. The van der Waals surface area contributed by atoms with Gasteiger partial charge in [0.25, 0.3) is 11.8 Å². The van der Waals surface area contributed by atoms with Crippen molar-refractivity contribution in [3.8, 4) is 11.5 Å². The molecule has 1 aromatic heterocycles. The SMILES string of the molecule is CCC(C)N(C(=O)c1ccc(C)cc1)C1CC(=O)N(c2ccc(-c3nc4ccccc4o3)cc2)C1=O. The monoisotopic (exact) mass is 481 g/mol. The maximum absolute atomic E-state index is 13.5. The van der Waals surface area contributed by atoms with Crippen molar-refractivity contribution in [1.29, 1.82) is 0 Å². The highest BCUT2D eigenvalue weighted by Gasteiger charge is 2.45. The molecule has 3 aromatic carbocycles. The molecule has 0 radical (unpaired) electrons. The Morgan fingerprint density at radius 1 is 1.06 bits per heavy atom. The fraction of sp³-hybridized carbons (Fsp3) is 0.241. The first-order valence-corrected chi connectivity index (χ1v) is 12.1. The third kappa shape index (κ3) is 4.17. The number of amides is 3. The van der Waals surface area contributed by atoms with Crippen LogP contribution in [0.5, 0.6) is 0 Å². The Balaban J connectivity index is 1.41. The summed E-state index contributed by atoms with van der Waals surface area (Å²) in [5, 5.41) is 0. The Hall–Kier alpha value is -4.26. The molecule has 0 N–H and O–H groups in total. The molecule has 0 saturated carbocycles. The number of hydrogen-bond acceptors (Lipinski definition) is 5. The smallest absolute Gasteiger partial charge is 0.257 e. The van der Waals surface area contributed by atoms with E-state index >= 15 is 0 Å². The second-order valence-electron chi connectivity index (χ2n) is 9.16. The minimum atomic E-state index is -0.849. The molecule has 5 rings (SSSR count). The minimum Gasteiger partial charge on any atom is -0.436 e. The summed E-state index contributed by atoms with van der Waals surface area (Å²) in [5.74, 6) is -0.505. The second kappa shape index (κ2) is 9.41. The van der Waals surface area contributed by atoms with E-state index in [2.05, 4.69) is 4.98 Å². The van der Waals surface area contributed by atoms with Crippen molar-refractivity contribution in [3.63, 3.8) is 0 Å². The summed E-state index contributed by atoms with van der Waals surface area (Å²) in [6, 6.07) is 20.7. The molecule has 0 aliphatic carbocycles. The number of hydrogen-bond donors (Lipinski definition) is 0. The molecule has 1 saturated heterocycles. The van der Waals surface area contributed by atoms with E-state index in [1.807, 2.05) is 57.2 Å². The van der Waals surface area contributed by atoms with Gasteiger partial charge >= 0.3 is 0 Å². The number of anilines is 1. The lowest BCUT2D eigenvalue weighted by Crippen LogP contribution is -2.49. The van der Waals surface area contributed by atoms with E-state index in [9.17, 15) is 14.4 Å². The van der Waals surface area contributed by atoms with Gasteiger partial charge in [-0.3, -0.25) is 14.4 Å². The van der Waals surface area contributed by atoms with Crippen LogP contribution >= 0.6 is 0 Å². The van der Waals surface area contributed by atoms with Crippen LogP contribution in [0.4, 0.5) is 5.69 Å². The predicted octanol–water partition coefficient (Wildman–Crippen LogP) is 5.38. The van der Waals surface area contributed by atoms with Gasteiger partial charge < -0.3 is 9.32 Å². The molecule has 1 aliphatic rings. The van der Waals surface area contributed by atoms with E-state index in [1.165, 1.54) is 4.90 Å². The molecule has 7 heteroatoms. The first-order valence-electron chi connectivity index (χ1n) is 12.1. The molecule has 0 bridgehead atoms. The number of imide groups is 1. The fourth-order valence-corrected chi connectivity index (χ4v) is 4.54. The molecule has 2 heterocycles. The van der Waals surface area contributed by atoms with Gasteiger partial charge in [-0.1, -0.05) is 36.8 Å². The molecular formula is C29H27N3O4.